The van der Waals surface area contributed by atoms with Gasteiger partial charge in [-0.2, -0.15) is 0 Å². The lowest BCUT2D eigenvalue weighted by Crippen LogP contribution is -2.42. The van der Waals surface area contributed by atoms with Crippen molar-refractivity contribution in [2.75, 3.05) is 5.32 Å². The summed E-state index contributed by atoms with van der Waals surface area (Å²) in [6.07, 6.45) is 4.58. The number of thiazole rings is 1. The van der Waals surface area contributed by atoms with E-state index >= 15 is 0 Å². The largest absolute Gasteiger partial charge is 0.550 e. The van der Waals surface area contributed by atoms with Crippen LogP contribution in [0.1, 0.15) is 17.0 Å². The zero-order valence-electron chi connectivity index (χ0n) is 11.3. The van der Waals surface area contributed by atoms with Crippen LogP contribution in [-0.2, 0) is 9.59 Å². The van der Waals surface area contributed by atoms with Gasteiger partial charge >= 0.3 is 0 Å². The second-order valence-corrected chi connectivity index (χ2v) is 6.67. The van der Waals surface area contributed by atoms with Crippen molar-refractivity contribution >= 4 is 28.3 Å². The van der Waals surface area contributed by atoms with Crippen LogP contribution in [0, 0.1) is 37.5 Å². The molecule has 1 N–H and O–H groups in total. The van der Waals surface area contributed by atoms with Gasteiger partial charge < -0.3 is 15.2 Å². The van der Waals surface area contributed by atoms with Gasteiger partial charge in [0, 0.05) is 16.8 Å². The number of carbonyl (C=O) groups excluding carboxylic acids is 2. The summed E-state index contributed by atoms with van der Waals surface area (Å²) in [5.41, 5.74) is 0.884. The van der Waals surface area contributed by atoms with E-state index in [0.29, 0.717) is 5.13 Å². The smallest absolute Gasteiger partial charge is 0.230 e. The lowest BCUT2D eigenvalue weighted by Gasteiger charge is -2.27. The minimum absolute atomic E-state index is 0.00468. The van der Waals surface area contributed by atoms with Gasteiger partial charge in [0.05, 0.1) is 11.6 Å². The standard InChI is InChI=1S/C14H16N2O3S/c1-6-7(2)20-14(15-6)16-12(17)10-8-3-4-9(5-8)11(10)13(18)19/h3-4,8-11H,5H2,1-2H3,(H,18,19)(H,15,16,17)/p-1/t8-,9-,10-,11-/m0/s1. The molecule has 1 amide bonds. The van der Waals surface area contributed by atoms with Crippen molar-refractivity contribution in [1.29, 1.82) is 0 Å². The molecular weight excluding hydrogens is 276 g/mol. The van der Waals surface area contributed by atoms with Crippen molar-refractivity contribution in [2.24, 2.45) is 23.7 Å². The van der Waals surface area contributed by atoms with Crippen LogP contribution >= 0.6 is 11.3 Å². The van der Waals surface area contributed by atoms with Gasteiger partial charge in [0.15, 0.2) is 5.13 Å². The summed E-state index contributed by atoms with van der Waals surface area (Å²) in [4.78, 5) is 29.0. The van der Waals surface area contributed by atoms with Gasteiger partial charge in [-0.15, -0.1) is 11.3 Å². The number of carboxylic acid groups (broad SMARTS) is 1. The van der Waals surface area contributed by atoms with E-state index < -0.39 is 17.8 Å². The Kier molecular flexibility index (Phi) is 3.12. The van der Waals surface area contributed by atoms with Crippen LogP contribution < -0.4 is 10.4 Å². The average Bonchev–Trinajstić information content (AvgIpc) is 3.04. The molecule has 0 aliphatic heterocycles. The van der Waals surface area contributed by atoms with Crippen molar-refractivity contribution in [3.63, 3.8) is 0 Å². The van der Waals surface area contributed by atoms with E-state index in [1.165, 1.54) is 11.3 Å². The summed E-state index contributed by atoms with van der Waals surface area (Å²) in [6.45, 7) is 3.82. The molecule has 0 unspecified atom stereocenters. The van der Waals surface area contributed by atoms with E-state index in [-0.39, 0.29) is 17.7 Å². The number of aryl methyl sites for hydroxylation is 2. The highest BCUT2D eigenvalue weighted by Crippen LogP contribution is 2.48. The van der Waals surface area contributed by atoms with E-state index in [4.69, 9.17) is 0 Å². The number of nitrogens with one attached hydrogen (secondary N) is 1. The Hall–Kier alpha value is -1.69. The van der Waals surface area contributed by atoms with Crippen LogP contribution in [0.3, 0.4) is 0 Å². The number of rotatable bonds is 3. The molecule has 2 bridgehead atoms. The number of fused-ring (bicyclic) bond motifs is 2. The molecular formula is C14H15N2O3S-. The van der Waals surface area contributed by atoms with Gasteiger partial charge in [-0.3, -0.25) is 4.79 Å². The molecule has 4 atom stereocenters. The molecule has 2 aliphatic rings. The molecule has 0 spiro atoms. The van der Waals surface area contributed by atoms with E-state index in [9.17, 15) is 14.7 Å². The van der Waals surface area contributed by atoms with Crippen LogP contribution in [0.15, 0.2) is 12.2 Å². The molecule has 1 aromatic heterocycles. The number of allylic oxidation sites excluding steroid dienone is 2. The Labute approximate surface area is 120 Å². The summed E-state index contributed by atoms with van der Waals surface area (Å²) in [7, 11) is 0. The number of amides is 1. The Morgan fingerprint density at radius 1 is 1.30 bits per heavy atom. The maximum absolute atomic E-state index is 12.4. The van der Waals surface area contributed by atoms with Gasteiger partial charge in [0.1, 0.15) is 0 Å². The van der Waals surface area contributed by atoms with E-state index in [2.05, 4.69) is 10.3 Å². The predicted molar refractivity (Wildman–Crippen MR) is 72.9 cm³/mol. The molecule has 106 valence electrons. The first-order chi connectivity index (χ1) is 9.47. The quantitative estimate of drug-likeness (QED) is 0.838. The summed E-state index contributed by atoms with van der Waals surface area (Å²) < 4.78 is 0. The zero-order chi connectivity index (χ0) is 14.4. The van der Waals surface area contributed by atoms with Crippen molar-refractivity contribution in [3.05, 3.63) is 22.7 Å². The molecule has 2 aliphatic carbocycles. The third kappa shape index (κ3) is 2.04. The maximum atomic E-state index is 12.4. The maximum Gasteiger partial charge on any atom is 0.230 e. The van der Waals surface area contributed by atoms with Gasteiger partial charge in [-0.1, -0.05) is 12.2 Å². The number of aromatic nitrogens is 1. The number of carboxylic acids is 1. The molecule has 1 heterocycles. The fourth-order valence-electron chi connectivity index (χ4n) is 3.22. The summed E-state index contributed by atoms with van der Waals surface area (Å²) in [6, 6.07) is 0. The third-order valence-electron chi connectivity index (χ3n) is 4.29. The first-order valence-electron chi connectivity index (χ1n) is 6.61. The Balaban J connectivity index is 1.79. The predicted octanol–water partition coefficient (Wildman–Crippen LogP) is 0.887. The molecule has 1 fully saturated rings. The van der Waals surface area contributed by atoms with Crippen molar-refractivity contribution in [1.82, 2.24) is 4.98 Å². The molecule has 5 nitrogen and oxygen atoms in total. The first kappa shape index (κ1) is 13.3. The summed E-state index contributed by atoms with van der Waals surface area (Å²) in [5.74, 6) is -2.71. The highest BCUT2D eigenvalue weighted by molar-refractivity contribution is 7.15. The number of aliphatic carboxylic acids is 1. The molecule has 0 saturated heterocycles. The topological polar surface area (TPSA) is 82.1 Å². The Morgan fingerprint density at radius 3 is 2.50 bits per heavy atom. The molecule has 20 heavy (non-hydrogen) atoms. The van der Waals surface area contributed by atoms with Crippen LogP contribution in [0.25, 0.3) is 0 Å². The number of hydrogen-bond acceptors (Lipinski definition) is 5. The Morgan fingerprint density at radius 2 is 1.95 bits per heavy atom. The van der Waals surface area contributed by atoms with Gasteiger partial charge in [-0.05, 0) is 32.1 Å². The minimum atomic E-state index is -1.13. The highest BCUT2D eigenvalue weighted by atomic mass is 32.1. The number of anilines is 1. The Bertz CT molecular complexity index is 588. The monoisotopic (exact) mass is 291 g/mol. The summed E-state index contributed by atoms with van der Waals surface area (Å²) in [5, 5.41) is 14.6. The molecule has 1 aromatic rings. The molecule has 1 saturated carbocycles. The molecule has 0 radical (unpaired) electrons. The van der Waals surface area contributed by atoms with Crippen LogP contribution in [0.5, 0.6) is 0 Å². The van der Waals surface area contributed by atoms with Gasteiger partial charge in [0.25, 0.3) is 0 Å². The summed E-state index contributed by atoms with van der Waals surface area (Å²) >= 11 is 1.41. The van der Waals surface area contributed by atoms with Crippen molar-refractivity contribution in [2.45, 2.75) is 20.3 Å². The second-order valence-electron chi connectivity index (χ2n) is 5.47. The minimum Gasteiger partial charge on any atom is -0.550 e. The second kappa shape index (κ2) is 4.70. The van der Waals surface area contributed by atoms with E-state index in [1.54, 1.807) is 0 Å². The van der Waals surface area contributed by atoms with E-state index in [0.717, 1.165) is 17.0 Å². The molecule has 3 rings (SSSR count). The van der Waals surface area contributed by atoms with Crippen LogP contribution in [0.4, 0.5) is 5.13 Å². The van der Waals surface area contributed by atoms with Gasteiger partial charge in [0.2, 0.25) is 5.91 Å². The fraction of sp³-hybridized carbons (Fsp3) is 0.500. The third-order valence-corrected chi connectivity index (χ3v) is 5.28. The van der Waals surface area contributed by atoms with Crippen molar-refractivity contribution in [3.8, 4) is 0 Å². The van der Waals surface area contributed by atoms with Crippen molar-refractivity contribution < 1.29 is 14.7 Å². The lowest BCUT2D eigenvalue weighted by molar-refractivity contribution is -0.313. The van der Waals surface area contributed by atoms with Crippen LogP contribution in [0.2, 0.25) is 0 Å². The number of carbonyl (C=O) groups is 2. The SMILES string of the molecule is Cc1nc(NC(=O)[C@@H]2[C@@H](C(=O)[O-])[C@H]3C=C[C@H]2C3)sc1C. The fourth-order valence-corrected chi connectivity index (χ4v) is 4.03. The lowest BCUT2D eigenvalue weighted by atomic mass is 9.82. The normalized spacial score (nSPS) is 30.7. The average molecular weight is 291 g/mol. The number of nitrogens with zero attached hydrogens (tertiary/aromatic N) is 1. The first-order valence-corrected chi connectivity index (χ1v) is 7.43. The van der Waals surface area contributed by atoms with Gasteiger partial charge in [-0.25, -0.2) is 4.98 Å². The van der Waals surface area contributed by atoms with E-state index in [1.807, 2.05) is 26.0 Å². The molecule has 6 heteroatoms. The highest BCUT2D eigenvalue weighted by Gasteiger charge is 2.48. The molecule has 0 aromatic carbocycles. The zero-order valence-corrected chi connectivity index (χ0v) is 12.1. The number of hydrogen-bond donors (Lipinski definition) is 1. The van der Waals surface area contributed by atoms with Crippen LogP contribution in [-0.4, -0.2) is 16.9 Å².